The van der Waals surface area contributed by atoms with E-state index >= 15 is 0 Å². The van der Waals surface area contributed by atoms with Gasteiger partial charge in [-0.1, -0.05) is 0 Å². The van der Waals surface area contributed by atoms with Crippen LogP contribution in [0.2, 0.25) is 0 Å². The molecule has 164 valence electrons. The fourth-order valence-electron chi connectivity index (χ4n) is 5.06. The Balaban J connectivity index is 1.48. The van der Waals surface area contributed by atoms with E-state index in [0.29, 0.717) is 19.1 Å². The highest BCUT2D eigenvalue weighted by Gasteiger charge is 2.32. The Labute approximate surface area is 182 Å². The van der Waals surface area contributed by atoms with Gasteiger partial charge in [-0.3, -0.25) is 0 Å². The van der Waals surface area contributed by atoms with E-state index in [1.807, 2.05) is 6.20 Å². The first-order valence-corrected chi connectivity index (χ1v) is 12.6. The molecule has 1 N–H and O–H groups in total. The second-order valence-corrected chi connectivity index (χ2v) is 10.8. The van der Waals surface area contributed by atoms with Crippen molar-refractivity contribution >= 4 is 26.7 Å². The van der Waals surface area contributed by atoms with Gasteiger partial charge in [0.1, 0.15) is 12.0 Å². The Hall–Kier alpha value is -2.52. The summed E-state index contributed by atoms with van der Waals surface area (Å²) in [6.07, 6.45) is 7.28. The molecule has 2 aliphatic heterocycles. The predicted molar refractivity (Wildman–Crippen MR) is 121 cm³/mol. The first-order chi connectivity index (χ1) is 14.8. The second-order valence-electron chi connectivity index (χ2n) is 8.85. The highest BCUT2D eigenvalue weighted by molar-refractivity contribution is 7.88. The van der Waals surface area contributed by atoms with Crippen LogP contribution >= 0.6 is 0 Å². The Bertz CT molecular complexity index is 1230. The Morgan fingerprint density at radius 1 is 1.16 bits per heavy atom. The van der Waals surface area contributed by atoms with Crippen molar-refractivity contribution in [1.82, 2.24) is 24.2 Å². The van der Waals surface area contributed by atoms with Gasteiger partial charge < -0.3 is 9.88 Å². The Kier molecular flexibility index (Phi) is 4.97. The lowest BCUT2D eigenvalue weighted by Crippen LogP contribution is -2.41. The molecule has 8 nitrogen and oxygen atoms in total. The summed E-state index contributed by atoms with van der Waals surface area (Å²) < 4.78 is 25.4. The maximum absolute atomic E-state index is 11.9. The summed E-state index contributed by atoms with van der Waals surface area (Å²) in [7, 11) is -3.14. The van der Waals surface area contributed by atoms with Gasteiger partial charge in [-0.25, -0.2) is 27.7 Å². The fraction of sp³-hybridized carbons (Fsp3) is 0.500. The van der Waals surface area contributed by atoms with Crippen molar-refractivity contribution in [3.8, 4) is 0 Å². The third-order valence-electron chi connectivity index (χ3n) is 6.68. The zero-order valence-corrected chi connectivity index (χ0v) is 19.0. The molecule has 5 heterocycles. The minimum absolute atomic E-state index is 0.261. The van der Waals surface area contributed by atoms with Crippen molar-refractivity contribution < 1.29 is 8.42 Å². The molecule has 3 aromatic rings. The smallest absolute Gasteiger partial charge is 0.211 e. The van der Waals surface area contributed by atoms with E-state index in [0.717, 1.165) is 53.9 Å². The molecule has 3 aromatic heterocycles. The van der Waals surface area contributed by atoms with E-state index in [9.17, 15) is 8.42 Å². The number of fused-ring (bicyclic) bond motifs is 2. The average molecular weight is 441 g/mol. The molecule has 0 aromatic carbocycles. The lowest BCUT2D eigenvalue weighted by atomic mass is 9.87. The van der Waals surface area contributed by atoms with Crippen molar-refractivity contribution in [2.45, 2.75) is 51.6 Å². The van der Waals surface area contributed by atoms with Crippen molar-refractivity contribution in [2.75, 3.05) is 24.2 Å². The predicted octanol–water partition coefficient (Wildman–Crippen LogP) is 2.75. The van der Waals surface area contributed by atoms with Gasteiger partial charge >= 0.3 is 0 Å². The molecule has 0 unspecified atom stereocenters. The summed E-state index contributed by atoms with van der Waals surface area (Å²) in [6, 6.07) is 4.55. The first-order valence-electron chi connectivity index (χ1n) is 10.8. The second kappa shape index (κ2) is 7.56. The number of nitrogens with zero attached hydrogens (tertiary/aromatic N) is 5. The van der Waals surface area contributed by atoms with Crippen molar-refractivity contribution in [2.24, 2.45) is 0 Å². The maximum atomic E-state index is 11.9. The lowest BCUT2D eigenvalue weighted by Gasteiger charge is -2.38. The Morgan fingerprint density at radius 2 is 1.94 bits per heavy atom. The molecular formula is C22H28N6O2S. The Morgan fingerprint density at radius 3 is 2.68 bits per heavy atom. The molecule has 0 saturated carbocycles. The molecule has 0 spiro atoms. The van der Waals surface area contributed by atoms with Gasteiger partial charge in [0, 0.05) is 66.5 Å². The zero-order valence-electron chi connectivity index (χ0n) is 18.2. The van der Waals surface area contributed by atoms with Crippen LogP contribution in [0.25, 0.3) is 11.0 Å². The standard InChI is InChI=1S/C22H28N6O2S/c1-14-10-17-20(4-7-23-22(17)26-14)28-12-18-19(11-15(28)2)24-13-25-21(18)16-5-8-27(9-6-16)31(3,29)30/h4,7,10,13,15-16H,5-6,8-9,11-12H2,1-3H3,(H,23,26)/t15-/m1/s1. The van der Waals surface area contributed by atoms with Gasteiger partial charge in [0.25, 0.3) is 0 Å². The summed E-state index contributed by atoms with van der Waals surface area (Å²) in [4.78, 5) is 19.6. The topological polar surface area (TPSA) is 95.1 Å². The van der Waals surface area contributed by atoms with Crippen molar-refractivity contribution in [3.63, 3.8) is 0 Å². The molecule has 31 heavy (non-hydrogen) atoms. The maximum Gasteiger partial charge on any atom is 0.211 e. The number of aryl methyl sites for hydroxylation is 1. The van der Waals surface area contributed by atoms with E-state index in [1.165, 1.54) is 17.5 Å². The highest BCUT2D eigenvalue weighted by atomic mass is 32.2. The number of piperidine rings is 1. The number of nitrogens with one attached hydrogen (secondary N) is 1. The fourth-order valence-corrected chi connectivity index (χ4v) is 5.93. The number of anilines is 1. The molecule has 0 bridgehead atoms. The van der Waals surface area contributed by atoms with Crippen LogP contribution in [-0.4, -0.2) is 58.0 Å². The van der Waals surface area contributed by atoms with E-state index in [1.54, 1.807) is 10.6 Å². The largest absolute Gasteiger partial charge is 0.363 e. The molecule has 0 aliphatic carbocycles. The van der Waals surface area contributed by atoms with Crippen LogP contribution in [0.4, 0.5) is 5.69 Å². The van der Waals surface area contributed by atoms with Crippen molar-refractivity contribution in [1.29, 1.82) is 0 Å². The normalized spacial score (nSPS) is 20.9. The van der Waals surface area contributed by atoms with Gasteiger partial charge in [-0.15, -0.1) is 0 Å². The van der Waals surface area contributed by atoms with E-state index < -0.39 is 10.0 Å². The number of rotatable bonds is 3. The van der Waals surface area contributed by atoms with Crippen LogP contribution in [0.1, 0.15) is 48.3 Å². The number of H-pyrrole nitrogens is 1. The van der Waals surface area contributed by atoms with Crippen LogP contribution in [0.3, 0.4) is 0 Å². The molecule has 1 saturated heterocycles. The van der Waals surface area contributed by atoms with Gasteiger partial charge in [0.05, 0.1) is 17.6 Å². The first kappa shape index (κ1) is 20.4. The van der Waals surface area contributed by atoms with E-state index in [2.05, 4.69) is 45.8 Å². The summed E-state index contributed by atoms with van der Waals surface area (Å²) in [6.45, 7) is 6.14. The quantitative estimate of drug-likeness (QED) is 0.673. The average Bonchev–Trinajstić information content (AvgIpc) is 3.12. The van der Waals surface area contributed by atoms with Crippen LogP contribution in [0.5, 0.6) is 0 Å². The number of hydrogen-bond acceptors (Lipinski definition) is 6. The molecule has 1 atom stereocenters. The number of sulfonamides is 1. The molecule has 2 aliphatic rings. The van der Waals surface area contributed by atoms with E-state index in [4.69, 9.17) is 4.98 Å². The molecule has 5 rings (SSSR count). The lowest BCUT2D eigenvalue weighted by molar-refractivity contribution is 0.317. The molecule has 0 amide bonds. The summed E-state index contributed by atoms with van der Waals surface area (Å²) in [5.41, 5.74) is 6.60. The van der Waals surface area contributed by atoms with Crippen LogP contribution < -0.4 is 4.90 Å². The summed E-state index contributed by atoms with van der Waals surface area (Å²) in [5, 5.41) is 1.13. The molecule has 9 heteroatoms. The third kappa shape index (κ3) is 3.70. The SMILES string of the molecule is Cc1cc2c(N3Cc4c(ncnc4C4CCN(S(C)(=O)=O)CC4)C[C@H]3C)ccnc2[nH]1. The summed E-state index contributed by atoms with van der Waals surface area (Å²) in [5.74, 6) is 0.261. The zero-order chi connectivity index (χ0) is 21.8. The van der Waals surface area contributed by atoms with Crippen LogP contribution in [-0.2, 0) is 23.0 Å². The number of aromatic nitrogens is 4. The molecule has 0 radical (unpaired) electrons. The van der Waals surface area contributed by atoms with Gasteiger partial charge in [0.2, 0.25) is 10.0 Å². The summed E-state index contributed by atoms with van der Waals surface area (Å²) >= 11 is 0. The minimum atomic E-state index is -3.14. The van der Waals surface area contributed by atoms with Crippen LogP contribution in [0.15, 0.2) is 24.7 Å². The van der Waals surface area contributed by atoms with Crippen molar-refractivity contribution in [3.05, 3.63) is 47.3 Å². The highest BCUT2D eigenvalue weighted by Crippen LogP contribution is 2.37. The number of aromatic amines is 1. The van der Waals surface area contributed by atoms with Gasteiger partial charge in [-0.05, 0) is 38.8 Å². The molecule has 1 fully saturated rings. The number of hydrogen-bond donors (Lipinski definition) is 1. The van der Waals surface area contributed by atoms with Crippen LogP contribution in [0, 0.1) is 6.92 Å². The van der Waals surface area contributed by atoms with Gasteiger partial charge in [0.15, 0.2) is 0 Å². The number of pyridine rings is 1. The molecular weight excluding hydrogens is 412 g/mol. The monoisotopic (exact) mass is 440 g/mol. The minimum Gasteiger partial charge on any atom is -0.363 e. The van der Waals surface area contributed by atoms with Gasteiger partial charge in [-0.2, -0.15) is 0 Å². The third-order valence-corrected chi connectivity index (χ3v) is 7.98. The van der Waals surface area contributed by atoms with E-state index in [-0.39, 0.29) is 5.92 Å².